The molecule has 91 valence electrons. The van der Waals surface area contributed by atoms with Crippen molar-refractivity contribution < 1.29 is 51.0 Å². The third-order valence-electron chi connectivity index (χ3n) is 2.72. The number of halogens is 2. The van der Waals surface area contributed by atoms with Gasteiger partial charge in [0.15, 0.2) is 0 Å². The Morgan fingerprint density at radius 3 is 2.24 bits per heavy atom. The molecule has 1 radical (unpaired) electrons. The van der Waals surface area contributed by atoms with Crippen LogP contribution in [-0.4, -0.2) is 0 Å². The Bertz CT molecular complexity index is 475. The Hall–Kier alpha value is 0.423. The third-order valence-corrected chi connectivity index (χ3v) is 2.72. The third kappa shape index (κ3) is 4.23. The first-order valence-corrected chi connectivity index (χ1v) is 5.26. The van der Waals surface area contributed by atoms with Crippen molar-refractivity contribution in [2.75, 3.05) is 0 Å². The van der Waals surface area contributed by atoms with Crippen LogP contribution in [0.4, 0.5) is 0 Å². The SMILES string of the molecule is CC(C)c1cccc2c1=CC(C)(C)[C-]=2.[Cl-].[Cl-].[Zr+3]. The van der Waals surface area contributed by atoms with Crippen molar-refractivity contribution in [1.82, 2.24) is 0 Å². The van der Waals surface area contributed by atoms with Crippen LogP contribution in [0.3, 0.4) is 0 Å². The van der Waals surface area contributed by atoms with Gasteiger partial charge in [-0.2, -0.15) is 17.4 Å². The second-order valence-corrected chi connectivity index (χ2v) is 4.95. The van der Waals surface area contributed by atoms with E-state index in [0.717, 1.165) is 0 Å². The van der Waals surface area contributed by atoms with E-state index in [2.05, 4.69) is 58.0 Å². The molecule has 0 aromatic heterocycles. The molecule has 0 unspecified atom stereocenters. The van der Waals surface area contributed by atoms with Crippen LogP contribution >= 0.6 is 0 Å². The van der Waals surface area contributed by atoms with E-state index in [-0.39, 0.29) is 56.4 Å². The van der Waals surface area contributed by atoms with Crippen molar-refractivity contribution in [1.29, 1.82) is 0 Å². The topological polar surface area (TPSA) is 0 Å². The maximum atomic E-state index is 3.51. The average molecular weight is 347 g/mol. The normalized spacial score (nSPS) is 14.4. The zero-order valence-electron chi connectivity index (χ0n) is 10.6. The van der Waals surface area contributed by atoms with Gasteiger partial charge in [-0.05, 0) is 5.92 Å². The Labute approximate surface area is 136 Å². The number of rotatable bonds is 1. The largest absolute Gasteiger partial charge is 3.00 e. The van der Waals surface area contributed by atoms with Crippen molar-refractivity contribution in [3.63, 3.8) is 0 Å². The molecule has 0 N–H and O–H groups in total. The van der Waals surface area contributed by atoms with Gasteiger partial charge < -0.3 is 24.8 Å². The molecule has 0 amide bonds. The van der Waals surface area contributed by atoms with Crippen molar-refractivity contribution in [3.8, 4) is 0 Å². The molecule has 0 bridgehead atoms. The van der Waals surface area contributed by atoms with Crippen molar-refractivity contribution in [3.05, 3.63) is 34.2 Å². The Morgan fingerprint density at radius 1 is 1.12 bits per heavy atom. The van der Waals surface area contributed by atoms with Gasteiger partial charge in [-0.15, -0.1) is 17.4 Å². The maximum absolute atomic E-state index is 3.51. The van der Waals surface area contributed by atoms with Crippen LogP contribution in [0.5, 0.6) is 0 Å². The summed E-state index contributed by atoms with van der Waals surface area (Å²) < 4.78 is 0. The molecule has 0 heterocycles. The Balaban J connectivity index is 0. The molecule has 0 nitrogen and oxygen atoms in total. The smallest absolute Gasteiger partial charge is 1.00 e. The van der Waals surface area contributed by atoms with Gasteiger partial charge in [0.2, 0.25) is 0 Å². The second kappa shape index (κ2) is 7.12. The van der Waals surface area contributed by atoms with Crippen LogP contribution in [0.2, 0.25) is 0 Å². The minimum atomic E-state index is 0. The molecule has 0 atom stereocenters. The fourth-order valence-electron chi connectivity index (χ4n) is 2.10. The van der Waals surface area contributed by atoms with Crippen LogP contribution in [0.15, 0.2) is 18.2 Å². The molecule has 1 aromatic rings. The van der Waals surface area contributed by atoms with Gasteiger partial charge in [0, 0.05) is 0 Å². The Kier molecular flexibility index (Phi) is 8.27. The number of benzene rings is 1. The maximum Gasteiger partial charge on any atom is 3.00 e. The predicted octanol–water partition coefficient (Wildman–Crippen LogP) is -3.71. The van der Waals surface area contributed by atoms with Gasteiger partial charge in [-0.3, -0.25) is 0 Å². The molecule has 1 aromatic carbocycles. The molecule has 3 heteroatoms. The first-order chi connectivity index (χ1) is 6.49. The summed E-state index contributed by atoms with van der Waals surface area (Å²) in [6.07, 6.45) is 5.84. The molecule has 0 saturated carbocycles. The van der Waals surface area contributed by atoms with E-state index in [1.54, 1.807) is 0 Å². The van der Waals surface area contributed by atoms with Gasteiger partial charge in [0.05, 0.1) is 0 Å². The van der Waals surface area contributed by atoms with Gasteiger partial charge >= 0.3 is 26.2 Å². The number of fused-ring (bicyclic) bond motifs is 1. The summed E-state index contributed by atoms with van der Waals surface area (Å²) >= 11 is 0. The van der Waals surface area contributed by atoms with Crippen molar-refractivity contribution in [2.45, 2.75) is 33.6 Å². The first kappa shape index (κ1) is 19.8. The molecule has 0 aliphatic heterocycles. The van der Waals surface area contributed by atoms with E-state index in [4.69, 9.17) is 0 Å². The molecular weight excluding hydrogens is 330 g/mol. The van der Waals surface area contributed by atoms with Crippen molar-refractivity contribution >= 4 is 12.2 Å². The fourth-order valence-corrected chi connectivity index (χ4v) is 2.10. The van der Waals surface area contributed by atoms with Crippen LogP contribution < -0.4 is 35.3 Å². The van der Waals surface area contributed by atoms with Crippen LogP contribution in [0.25, 0.3) is 12.2 Å². The molecule has 0 spiro atoms. The summed E-state index contributed by atoms with van der Waals surface area (Å²) in [6.45, 7) is 8.90. The van der Waals surface area contributed by atoms with E-state index in [9.17, 15) is 0 Å². The van der Waals surface area contributed by atoms with E-state index in [0.29, 0.717) is 5.92 Å². The van der Waals surface area contributed by atoms with Crippen molar-refractivity contribution in [2.24, 2.45) is 5.41 Å². The first-order valence-electron chi connectivity index (χ1n) is 5.26. The summed E-state index contributed by atoms with van der Waals surface area (Å²) in [5, 5.41) is 2.67. The predicted molar refractivity (Wildman–Crippen MR) is 61.4 cm³/mol. The number of hydrogen-bond acceptors (Lipinski definition) is 0. The fraction of sp³-hybridized carbons (Fsp3) is 0.429. The summed E-state index contributed by atoms with van der Waals surface area (Å²) in [7, 11) is 0. The van der Waals surface area contributed by atoms with Gasteiger partial charge in [-0.1, -0.05) is 44.7 Å². The van der Waals surface area contributed by atoms with E-state index in [1.807, 2.05) is 0 Å². The quantitative estimate of drug-likeness (QED) is 0.459. The molecule has 1 aliphatic rings. The van der Waals surface area contributed by atoms with Gasteiger partial charge in [0.25, 0.3) is 0 Å². The van der Waals surface area contributed by atoms with Crippen LogP contribution in [0.1, 0.15) is 39.2 Å². The summed E-state index contributed by atoms with van der Waals surface area (Å²) in [5.41, 5.74) is 1.55. The average Bonchev–Trinajstić information content (AvgIpc) is 2.36. The van der Waals surface area contributed by atoms with Gasteiger partial charge in [-0.25, -0.2) is 0 Å². The van der Waals surface area contributed by atoms with E-state index >= 15 is 0 Å². The molecule has 17 heavy (non-hydrogen) atoms. The van der Waals surface area contributed by atoms with Crippen LogP contribution in [-0.2, 0) is 26.2 Å². The van der Waals surface area contributed by atoms with Gasteiger partial charge in [0.1, 0.15) is 0 Å². The molecular formula is C14H17Cl2Zr. The van der Waals surface area contributed by atoms with E-state index in [1.165, 1.54) is 16.0 Å². The standard InChI is InChI=1S/C14H17.2ClH.Zr/c1-10(2)12-7-5-6-11-8-14(3,4)9-13(11)12;;;/h5-7,9-10H,1-4H3;2*1H;/q-1;;;+3/p-2. The molecule has 2 rings (SSSR count). The monoisotopic (exact) mass is 345 g/mol. The zero-order chi connectivity index (χ0) is 10.3. The number of hydrogen-bond donors (Lipinski definition) is 0. The minimum absolute atomic E-state index is 0. The molecule has 1 aliphatic carbocycles. The summed E-state index contributed by atoms with van der Waals surface area (Å²) in [4.78, 5) is 0. The molecule has 0 saturated heterocycles. The minimum Gasteiger partial charge on any atom is -1.00 e. The van der Waals surface area contributed by atoms with Crippen LogP contribution in [0, 0.1) is 5.41 Å². The molecule has 0 fully saturated rings. The zero-order valence-corrected chi connectivity index (χ0v) is 14.6. The summed E-state index contributed by atoms with van der Waals surface area (Å²) in [5.74, 6) is 0.594. The summed E-state index contributed by atoms with van der Waals surface area (Å²) in [6, 6.07) is 6.52. The second-order valence-electron chi connectivity index (χ2n) is 4.95. The Morgan fingerprint density at radius 2 is 1.71 bits per heavy atom. The van der Waals surface area contributed by atoms with E-state index < -0.39 is 0 Å².